The summed E-state index contributed by atoms with van der Waals surface area (Å²) in [6, 6.07) is 3.28. The smallest absolute Gasteiger partial charge is 0.496 e. The van der Waals surface area contributed by atoms with Crippen LogP contribution >= 0.6 is 0 Å². The fraction of sp³-hybridized carbons (Fsp3) is 0.300. The maximum atomic E-state index is 12.1. The summed E-state index contributed by atoms with van der Waals surface area (Å²) < 4.78 is 44.7. The highest BCUT2D eigenvalue weighted by Gasteiger charge is 2.35. The summed E-state index contributed by atoms with van der Waals surface area (Å²) in [4.78, 5) is 10.6. The first-order valence-electron chi connectivity index (χ1n) is 4.59. The van der Waals surface area contributed by atoms with E-state index in [0.29, 0.717) is 0 Å². The van der Waals surface area contributed by atoms with Crippen LogP contribution < -0.4 is 9.47 Å². The fourth-order valence-electron chi connectivity index (χ4n) is 1.31. The molecule has 18 heavy (non-hydrogen) atoms. The minimum Gasteiger partial charge on any atom is -0.496 e. The minimum absolute atomic E-state index is 0.216. The van der Waals surface area contributed by atoms with Crippen LogP contribution in [0.5, 0.6) is 11.5 Å². The van der Waals surface area contributed by atoms with Crippen molar-refractivity contribution in [2.45, 2.75) is 12.5 Å². The molecule has 1 rings (SSSR count). The highest BCUT2D eigenvalue weighted by Crippen LogP contribution is 2.36. The van der Waals surface area contributed by atoms with E-state index in [2.05, 4.69) is 4.74 Å². The first-order valence-corrected chi connectivity index (χ1v) is 4.59. The Bertz CT molecular complexity index is 444. The zero-order valence-electron chi connectivity index (χ0n) is 9.06. The third-order valence-electron chi connectivity index (χ3n) is 1.98. The van der Waals surface area contributed by atoms with Crippen molar-refractivity contribution in [3.05, 3.63) is 23.8 Å². The number of aliphatic hydroxyl groups is 1. The number of methoxy groups -OCH3 is 1. The number of aliphatic hydroxyl groups excluding tert-OH is 1. The number of hydrogen-bond donors (Lipinski definition) is 2. The van der Waals surface area contributed by atoms with E-state index in [1.54, 1.807) is 0 Å². The number of hydrogen-bond acceptors (Lipinski definition) is 4. The molecule has 0 spiro atoms. The molecular weight excluding hydrogens is 257 g/mol. The largest absolute Gasteiger partial charge is 0.573 e. The third-order valence-corrected chi connectivity index (χ3v) is 1.98. The van der Waals surface area contributed by atoms with Crippen molar-refractivity contribution in [1.82, 2.24) is 0 Å². The summed E-state index contributed by atoms with van der Waals surface area (Å²) in [7, 11) is 1.13. The lowest BCUT2D eigenvalue weighted by Crippen LogP contribution is -2.20. The maximum Gasteiger partial charge on any atom is 0.573 e. The van der Waals surface area contributed by atoms with Crippen molar-refractivity contribution < 1.29 is 37.7 Å². The molecule has 0 saturated carbocycles. The van der Waals surface area contributed by atoms with Crippen molar-refractivity contribution in [3.8, 4) is 11.5 Å². The Kier molecular flexibility index (Phi) is 4.02. The molecule has 0 aromatic heterocycles. The number of carbonyl (C=O) groups is 1. The summed E-state index contributed by atoms with van der Waals surface area (Å²) in [6.07, 6.45) is -7.18. The number of benzene rings is 1. The Balaban J connectivity index is 3.29. The highest BCUT2D eigenvalue weighted by molar-refractivity contribution is 5.76. The van der Waals surface area contributed by atoms with E-state index < -0.39 is 29.7 Å². The molecule has 0 aliphatic rings. The third kappa shape index (κ3) is 3.27. The molecule has 1 unspecified atom stereocenters. The lowest BCUT2D eigenvalue weighted by atomic mass is 10.1. The minimum atomic E-state index is -5.00. The van der Waals surface area contributed by atoms with Crippen LogP contribution in [0.3, 0.4) is 0 Å². The SMILES string of the molecule is COc1cccc(OC(F)(F)F)c1C(O)C(=O)O. The second-order valence-corrected chi connectivity index (χ2v) is 3.16. The van der Waals surface area contributed by atoms with E-state index in [1.165, 1.54) is 12.1 Å². The van der Waals surface area contributed by atoms with Gasteiger partial charge in [-0.3, -0.25) is 0 Å². The van der Waals surface area contributed by atoms with Gasteiger partial charge in [-0.2, -0.15) is 0 Å². The van der Waals surface area contributed by atoms with Gasteiger partial charge in [0.2, 0.25) is 0 Å². The van der Waals surface area contributed by atoms with Gasteiger partial charge in [0, 0.05) is 0 Å². The summed E-state index contributed by atoms with van der Waals surface area (Å²) in [5.41, 5.74) is -0.593. The molecule has 8 heteroatoms. The Morgan fingerprint density at radius 3 is 2.33 bits per heavy atom. The molecule has 100 valence electrons. The van der Waals surface area contributed by atoms with Crippen molar-refractivity contribution >= 4 is 5.97 Å². The molecule has 5 nitrogen and oxygen atoms in total. The quantitative estimate of drug-likeness (QED) is 0.867. The summed E-state index contributed by atoms with van der Waals surface area (Å²) in [5, 5.41) is 18.0. The van der Waals surface area contributed by atoms with Gasteiger partial charge < -0.3 is 19.7 Å². The molecule has 0 aliphatic carbocycles. The normalized spacial score (nSPS) is 12.9. The Morgan fingerprint density at radius 2 is 1.89 bits per heavy atom. The van der Waals surface area contributed by atoms with Gasteiger partial charge in [0.05, 0.1) is 12.7 Å². The van der Waals surface area contributed by atoms with E-state index in [1.807, 2.05) is 0 Å². The van der Waals surface area contributed by atoms with Crippen molar-refractivity contribution in [2.75, 3.05) is 7.11 Å². The molecule has 0 fully saturated rings. The number of ether oxygens (including phenoxy) is 2. The molecule has 1 atom stereocenters. The first-order chi connectivity index (χ1) is 8.26. The second-order valence-electron chi connectivity index (χ2n) is 3.16. The Labute approximate surface area is 99.4 Å². The van der Waals surface area contributed by atoms with Gasteiger partial charge in [-0.1, -0.05) is 6.07 Å². The summed E-state index contributed by atoms with van der Waals surface area (Å²) in [5.74, 6) is -2.75. The molecule has 1 aromatic carbocycles. The van der Waals surface area contributed by atoms with Crippen LogP contribution in [0.1, 0.15) is 11.7 Å². The van der Waals surface area contributed by atoms with Crippen LogP contribution in [0.2, 0.25) is 0 Å². The lowest BCUT2D eigenvalue weighted by Gasteiger charge is -2.17. The van der Waals surface area contributed by atoms with Crippen LogP contribution in [0, 0.1) is 0 Å². The van der Waals surface area contributed by atoms with Crippen molar-refractivity contribution in [3.63, 3.8) is 0 Å². The van der Waals surface area contributed by atoms with E-state index in [4.69, 9.17) is 9.84 Å². The van der Waals surface area contributed by atoms with Gasteiger partial charge in [0.15, 0.2) is 6.10 Å². The Morgan fingerprint density at radius 1 is 1.33 bits per heavy atom. The predicted octanol–water partition coefficient (Wildman–Crippen LogP) is 1.71. The fourth-order valence-corrected chi connectivity index (χ4v) is 1.31. The predicted molar refractivity (Wildman–Crippen MR) is 52.3 cm³/mol. The van der Waals surface area contributed by atoms with Crippen LogP contribution in [-0.4, -0.2) is 29.7 Å². The molecule has 1 aromatic rings. The second kappa shape index (κ2) is 5.13. The topological polar surface area (TPSA) is 76.0 Å². The number of halogens is 3. The first kappa shape index (κ1) is 14.1. The average molecular weight is 266 g/mol. The van der Waals surface area contributed by atoms with Crippen LogP contribution in [-0.2, 0) is 4.79 Å². The molecule has 0 aliphatic heterocycles. The van der Waals surface area contributed by atoms with Crippen LogP contribution in [0.25, 0.3) is 0 Å². The van der Waals surface area contributed by atoms with Gasteiger partial charge >= 0.3 is 12.3 Å². The zero-order valence-corrected chi connectivity index (χ0v) is 9.06. The number of alkyl halides is 3. The van der Waals surface area contributed by atoms with E-state index in [-0.39, 0.29) is 5.75 Å². The highest BCUT2D eigenvalue weighted by atomic mass is 19.4. The molecule has 0 bridgehead atoms. The summed E-state index contributed by atoms with van der Waals surface area (Å²) >= 11 is 0. The van der Waals surface area contributed by atoms with Gasteiger partial charge in [0.25, 0.3) is 0 Å². The molecule has 0 radical (unpaired) electrons. The van der Waals surface area contributed by atoms with Crippen molar-refractivity contribution in [1.29, 1.82) is 0 Å². The maximum absolute atomic E-state index is 12.1. The van der Waals surface area contributed by atoms with E-state index >= 15 is 0 Å². The average Bonchev–Trinajstić information content (AvgIpc) is 2.25. The number of aliphatic carboxylic acids is 1. The number of rotatable bonds is 4. The van der Waals surface area contributed by atoms with E-state index in [9.17, 15) is 23.1 Å². The Hall–Kier alpha value is -1.96. The number of carboxylic acid groups (broad SMARTS) is 1. The molecular formula is C10H9F3O5. The monoisotopic (exact) mass is 266 g/mol. The van der Waals surface area contributed by atoms with Crippen LogP contribution in [0.4, 0.5) is 13.2 Å². The van der Waals surface area contributed by atoms with Gasteiger partial charge in [-0.05, 0) is 12.1 Å². The molecule has 0 saturated heterocycles. The van der Waals surface area contributed by atoms with Crippen molar-refractivity contribution in [2.24, 2.45) is 0 Å². The van der Waals surface area contributed by atoms with Gasteiger partial charge in [0.1, 0.15) is 11.5 Å². The lowest BCUT2D eigenvalue weighted by molar-refractivity contribution is -0.275. The molecule has 0 heterocycles. The van der Waals surface area contributed by atoms with Gasteiger partial charge in [-0.15, -0.1) is 13.2 Å². The molecule has 2 N–H and O–H groups in total. The number of carboxylic acids is 1. The zero-order chi connectivity index (χ0) is 13.9. The molecule has 0 amide bonds. The standard InChI is InChI=1S/C10H9F3O5/c1-17-5-3-2-4-6(18-10(11,12)13)7(5)8(14)9(15)16/h2-4,8,14H,1H3,(H,15,16). The van der Waals surface area contributed by atoms with Crippen LogP contribution in [0.15, 0.2) is 18.2 Å². The summed E-state index contributed by atoms with van der Waals surface area (Å²) in [6.45, 7) is 0. The van der Waals surface area contributed by atoms with Gasteiger partial charge in [-0.25, -0.2) is 4.79 Å². The van der Waals surface area contributed by atoms with E-state index in [0.717, 1.165) is 13.2 Å².